The topological polar surface area (TPSA) is 116 Å². The van der Waals surface area contributed by atoms with Crippen molar-refractivity contribution in [2.24, 2.45) is 5.92 Å². The van der Waals surface area contributed by atoms with E-state index in [1.54, 1.807) is 0 Å². The van der Waals surface area contributed by atoms with Crippen molar-refractivity contribution in [1.82, 2.24) is 30.2 Å². The van der Waals surface area contributed by atoms with Crippen LogP contribution in [0.15, 0.2) is 48.5 Å². The number of imidazole rings is 1. The summed E-state index contributed by atoms with van der Waals surface area (Å²) in [5, 5.41) is 34.9. The average molecular weight is 456 g/mol. The maximum atomic E-state index is 10.9. The van der Waals surface area contributed by atoms with E-state index in [-0.39, 0.29) is 5.92 Å². The van der Waals surface area contributed by atoms with E-state index in [9.17, 15) is 10.4 Å². The molecular formula is C26H29N7O. The van der Waals surface area contributed by atoms with Gasteiger partial charge in [0, 0.05) is 18.5 Å². The first-order chi connectivity index (χ1) is 16.5. The quantitative estimate of drug-likeness (QED) is 0.378. The highest BCUT2D eigenvalue weighted by atomic mass is 16.3. The average Bonchev–Trinajstić information content (AvgIpc) is 3.51. The molecule has 1 unspecified atom stereocenters. The molecule has 0 amide bonds. The van der Waals surface area contributed by atoms with Gasteiger partial charge in [-0.3, -0.25) is 0 Å². The van der Waals surface area contributed by atoms with Gasteiger partial charge in [0.2, 0.25) is 0 Å². The number of H-pyrrole nitrogens is 1. The molecule has 0 aliphatic rings. The van der Waals surface area contributed by atoms with E-state index in [1.165, 1.54) is 0 Å². The van der Waals surface area contributed by atoms with Crippen molar-refractivity contribution in [2.75, 3.05) is 0 Å². The highest BCUT2D eigenvalue weighted by Crippen LogP contribution is 2.31. The van der Waals surface area contributed by atoms with Crippen LogP contribution in [-0.2, 0) is 13.0 Å². The number of nitrogens with one attached hydrogen (secondary N) is 1. The van der Waals surface area contributed by atoms with Gasteiger partial charge in [-0.15, -0.1) is 5.10 Å². The number of tetrazole rings is 1. The van der Waals surface area contributed by atoms with E-state index in [2.05, 4.69) is 62.9 Å². The first-order valence-electron chi connectivity index (χ1n) is 11.6. The molecule has 8 heteroatoms. The standard InChI is InChI=1S/C26H29N7O/c1-4-5-10-23-28-22(15-27)24(25(34)17(2)3)33(23)16-18-11-13-19(14-12-18)20-8-6-7-9-21(20)26-29-31-32-30-26/h6-9,11-14,17,25,34H,4-5,10,16H2,1-3H3,(H,29,30,31,32). The maximum Gasteiger partial charge on any atom is 0.180 e. The Morgan fingerprint density at radius 1 is 1.09 bits per heavy atom. The van der Waals surface area contributed by atoms with Crippen molar-refractivity contribution in [3.8, 4) is 28.6 Å². The third kappa shape index (κ3) is 4.75. The molecule has 34 heavy (non-hydrogen) atoms. The second-order valence-electron chi connectivity index (χ2n) is 8.74. The third-order valence-electron chi connectivity index (χ3n) is 5.99. The minimum Gasteiger partial charge on any atom is -0.387 e. The van der Waals surface area contributed by atoms with Gasteiger partial charge in [0.05, 0.1) is 11.8 Å². The molecule has 174 valence electrons. The number of unbranched alkanes of at least 4 members (excludes halogenated alkanes) is 1. The number of hydrogen-bond donors (Lipinski definition) is 2. The summed E-state index contributed by atoms with van der Waals surface area (Å²) in [6.45, 7) is 6.57. The Bertz CT molecular complexity index is 1270. The van der Waals surface area contributed by atoms with Crippen LogP contribution in [0.25, 0.3) is 22.5 Å². The summed E-state index contributed by atoms with van der Waals surface area (Å²) < 4.78 is 2.03. The Hall–Kier alpha value is -3.83. The van der Waals surface area contributed by atoms with Gasteiger partial charge in [0.1, 0.15) is 11.9 Å². The predicted octanol–water partition coefficient (Wildman–Crippen LogP) is 4.68. The molecule has 0 saturated carbocycles. The summed E-state index contributed by atoms with van der Waals surface area (Å²) in [6.07, 6.45) is 2.03. The van der Waals surface area contributed by atoms with Gasteiger partial charge < -0.3 is 9.67 Å². The van der Waals surface area contributed by atoms with Crippen molar-refractivity contribution in [2.45, 2.75) is 52.7 Å². The fourth-order valence-electron chi connectivity index (χ4n) is 4.10. The van der Waals surface area contributed by atoms with E-state index >= 15 is 0 Å². The molecule has 0 saturated heterocycles. The SMILES string of the molecule is CCCCc1nc(C#N)c(C(O)C(C)C)n1Cc1ccc(-c2ccccc2-c2nnn[nH]2)cc1. The smallest absolute Gasteiger partial charge is 0.180 e. The van der Waals surface area contributed by atoms with Crippen LogP contribution in [0.2, 0.25) is 0 Å². The second kappa shape index (κ2) is 10.4. The minimum atomic E-state index is -0.751. The van der Waals surface area contributed by atoms with Crippen LogP contribution in [0.3, 0.4) is 0 Å². The van der Waals surface area contributed by atoms with Crippen LogP contribution >= 0.6 is 0 Å². The van der Waals surface area contributed by atoms with Crippen molar-refractivity contribution < 1.29 is 5.11 Å². The van der Waals surface area contributed by atoms with Crippen LogP contribution < -0.4 is 0 Å². The number of hydrogen-bond acceptors (Lipinski definition) is 6. The zero-order valence-electron chi connectivity index (χ0n) is 19.7. The first kappa shape index (κ1) is 23.3. The molecule has 2 N–H and O–H groups in total. The largest absolute Gasteiger partial charge is 0.387 e. The number of aryl methyl sites for hydroxylation is 1. The summed E-state index contributed by atoms with van der Waals surface area (Å²) in [5.41, 5.74) is 5.00. The fraction of sp³-hybridized carbons (Fsp3) is 0.346. The highest BCUT2D eigenvalue weighted by molar-refractivity contribution is 5.80. The zero-order valence-corrected chi connectivity index (χ0v) is 19.7. The fourth-order valence-corrected chi connectivity index (χ4v) is 4.10. The number of aliphatic hydroxyl groups excluding tert-OH is 1. The van der Waals surface area contributed by atoms with E-state index in [0.29, 0.717) is 23.8 Å². The molecule has 0 aliphatic carbocycles. The molecule has 0 fully saturated rings. The molecule has 4 aromatic rings. The van der Waals surface area contributed by atoms with Gasteiger partial charge in [-0.1, -0.05) is 75.7 Å². The number of aromatic amines is 1. The summed E-state index contributed by atoms with van der Waals surface area (Å²) in [6, 6.07) is 18.5. The molecule has 2 heterocycles. The molecule has 8 nitrogen and oxygen atoms in total. The molecule has 0 bridgehead atoms. The van der Waals surface area contributed by atoms with Gasteiger partial charge in [-0.05, 0) is 39.5 Å². The second-order valence-corrected chi connectivity index (χ2v) is 8.74. The summed E-state index contributed by atoms with van der Waals surface area (Å²) in [5.74, 6) is 1.45. The number of nitrogens with zero attached hydrogens (tertiary/aromatic N) is 6. The van der Waals surface area contributed by atoms with Gasteiger partial charge in [0.15, 0.2) is 11.5 Å². The van der Waals surface area contributed by atoms with E-state index in [4.69, 9.17) is 0 Å². The number of nitriles is 1. The molecule has 4 rings (SSSR count). The van der Waals surface area contributed by atoms with Crippen LogP contribution in [0.4, 0.5) is 0 Å². The highest BCUT2D eigenvalue weighted by Gasteiger charge is 2.25. The molecule has 0 aliphatic heterocycles. The minimum absolute atomic E-state index is 0.0222. The van der Waals surface area contributed by atoms with Gasteiger partial charge >= 0.3 is 0 Å². The van der Waals surface area contributed by atoms with Crippen LogP contribution in [0, 0.1) is 17.2 Å². The third-order valence-corrected chi connectivity index (χ3v) is 5.99. The molecule has 1 atom stereocenters. The van der Waals surface area contributed by atoms with Gasteiger partial charge in [-0.25, -0.2) is 10.1 Å². The van der Waals surface area contributed by atoms with E-state index < -0.39 is 6.10 Å². The molecule has 2 aromatic carbocycles. The van der Waals surface area contributed by atoms with Crippen molar-refractivity contribution in [1.29, 1.82) is 5.26 Å². The van der Waals surface area contributed by atoms with Crippen molar-refractivity contribution in [3.05, 3.63) is 71.3 Å². The summed E-state index contributed by atoms with van der Waals surface area (Å²) in [7, 11) is 0. The first-order valence-corrected chi connectivity index (χ1v) is 11.6. The number of benzene rings is 2. The maximum absolute atomic E-state index is 10.9. The Labute approximate surface area is 199 Å². The molecule has 2 aromatic heterocycles. The summed E-state index contributed by atoms with van der Waals surface area (Å²) in [4.78, 5) is 4.59. The van der Waals surface area contributed by atoms with Crippen LogP contribution in [0.1, 0.15) is 62.5 Å². The lowest BCUT2D eigenvalue weighted by atomic mass is 9.98. The van der Waals surface area contributed by atoms with E-state index in [1.807, 2.05) is 42.7 Å². The lowest BCUT2D eigenvalue weighted by Gasteiger charge is -2.19. The van der Waals surface area contributed by atoms with Gasteiger partial charge in [0.25, 0.3) is 0 Å². The Balaban J connectivity index is 1.68. The van der Waals surface area contributed by atoms with Crippen molar-refractivity contribution in [3.63, 3.8) is 0 Å². The number of rotatable bonds is 9. The number of aromatic nitrogens is 6. The van der Waals surface area contributed by atoms with Crippen LogP contribution in [-0.4, -0.2) is 35.3 Å². The monoisotopic (exact) mass is 455 g/mol. The Morgan fingerprint density at radius 3 is 2.44 bits per heavy atom. The Kier molecular flexibility index (Phi) is 7.14. The van der Waals surface area contributed by atoms with Gasteiger partial charge in [-0.2, -0.15) is 5.26 Å². The normalized spacial score (nSPS) is 12.1. The molecule has 0 radical (unpaired) electrons. The Morgan fingerprint density at radius 2 is 1.82 bits per heavy atom. The summed E-state index contributed by atoms with van der Waals surface area (Å²) >= 11 is 0. The lowest BCUT2D eigenvalue weighted by Crippen LogP contribution is -2.16. The molecule has 0 spiro atoms. The molecular weight excluding hydrogens is 426 g/mol. The van der Waals surface area contributed by atoms with Crippen molar-refractivity contribution >= 4 is 0 Å². The van der Waals surface area contributed by atoms with E-state index in [0.717, 1.165) is 47.3 Å². The zero-order chi connectivity index (χ0) is 24.1. The predicted molar refractivity (Wildman–Crippen MR) is 130 cm³/mol. The van der Waals surface area contributed by atoms with Crippen LogP contribution in [0.5, 0.6) is 0 Å². The number of aliphatic hydroxyl groups is 1. The lowest BCUT2D eigenvalue weighted by molar-refractivity contribution is 0.118.